The third-order valence-electron chi connectivity index (χ3n) is 3.54. The Kier molecular flexibility index (Phi) is 6.58. The van der Waals surface area contributed by atoms with Gasteiger partial charge in [0.2, 0.25) is 0 Å². The molecule has 0 fully saturated rings. The van der Waals surface area contributed by atoms with Crippen molar-refractivity contribution in [2.24, 2.45) is 5.92 Å². The fourth-order valence-corrected chi connectivity index (χ4v) is 3.04. The van der Waals surface area contributed by atoms with Gasteiger partial charge in [-0.15, -0.1) is 0 Å². The Morgan fingerprint density at radius 3 is 2.25 bits per heavy atom. The lowest BCUT2D eigenvalue weighted by molar-refractivity contribution is 0.837. The SMILES string of the molecule is C=CC1=C(Cl)/C(=C/C(=C\C)CCC)C(C)C(Cl)=C1C=C. The van der Waals surface area contributed by atoms with Gasteiger partial charge >= 0.3 is 0 Å². The summed E-state index contributed by atoms with van der Waals surface area (Å²) in [6.07, 6.45) is 9.92. The third-order valence-corrected chi connectivity index (χ3v) is 4.50. The molecule has 0 amide bonds. The van der Waals surface area contributed by atoms with Crippen LogP contribution in [-0.4, -0.2) is 0 Å². The van der Waals surface area contributed by atoms with E-state index >= 15 is 0 Å². The van der Waals surface area contributed by atoms with E-state index in [1.165, 1.54) is 5.57 Å². The summed E-state index contributed by atoms with van der Waals surface area (Å²) in [7, 11) is 0. The van der Waals surface area contributed by atoms with E-state index in [0.29, 0.717) is 0 Å². The molecule has 0 aromatic heterocycles. The second kappa shape index (κ2) is 7.71. The van der Waals surface area contributed by atoms with Gasteiger partial charge in [0, 0.05) is 16.5 Å². The van der Waals surface area contributed by atoms with E-state index in [0.717, 1.165) is 39.6 Å². The summed E-state index contributed by atoms with van der Waals surface area (Å²) in [5, 5.41) is 1.50. The lowest BCUT2D eigenvalue weighted by atomic mass is 9.85. The van der Waals surface area contributed by atoms with Gasteiger partial charge in [0.15, 0.2) is 0 Å². The first-order valence-electron chi connectivity index (χ1n) is 6.93. The molecule has 20 heavy (non-hydrogen) atoms. The second-order valence-corrected chi connectivity index (χ2v) is 5.62. The zero-order chi connectivity index (χ0) is 15.3. The zero-order valence-corrected chi connectivity index (χ0v) is 14.0. The molecule has 0 saturated heterocycles. The van der Waals surface area contributed by atoms with E-state index in [4.69, 9.17) is 23.2 Å². The van der Waals surface area contributed by atoms with Crippen molar-refractivity contribution in [1.29, 1.82) is 0 Å². The van der Waals surface area contributed by atoms with E-state index < -0.39 is 0 Å². The van der Waals surface area contributed by atoms with Crippen LogP contribution in [0.25, 0.3) is 0 Å². The molecule has 2 heteroatoms. The van der Waals surface area contributed by atoms with Crippen LogP contribution in [0.5, 0.6) is 0 Å². The Labute approximate surface area is 132 Å². The summed E-state index contributed by atoms with van der Waals surface area (Å²) in [5.74, 6) is 0.0765. The van der Waals surface area contributed by atoms with E-state index in [2.05, 4.69) is 39.2 Å². The quantitative estimate of drug-likeness (QED) is 0.532. The minimum absolute atomic E-state index is 0.0765. The van der Waals surface area contributed by atoms with Gasteiger partial charge < -0.3 is 0 Å². The van der Waals surface area contributed by atoms with Crippen molar-refractivity contribution in [2.45, 2.75) is 33.6 Å². The first kappa shape index (κ1) is 17.1. The Morgan fingerprint density at radius 2 is 1.80 bits per heavy atom. The van der Waals surface area contributed by atoms with E-state index in [9.17, 15) is 0 Å². The van der Waals surface area contributed by atoms with Crippen LogP contribution in [0.3, 0.4) is 0 Å². The molecule has 0 saturated carbocycles. The summed E-state index contributed by atoms with van der Waals surface area (Å²) < 4.78 is 0. The van der Waals surface area contributed by atoms with E-state index in [-0.39, 0.29) is 5.92 Å². The van der Waals surface area contributed by atoms with Gasteiger partial charge in [-0.3, -0.25) is 0 Å². The average Bonchev–Trinajstić information content (AvgIpc) is 2.45. The fraction of sp³-hybridized carbons (Fsp3) is 0.333. The van der Waals surface area contributed by atoms with Crippen molar-refractivity contribution in [3.05, 3.63) is 69.8 Å². The minimum atomic E-state index is 0.0765. The van der Waals surface area contributed by atoms with Crippen LogP contribution < -0.4 is 0 Å². The predicted molar refractivity (Wildman–Crippen MR) is 92.1 cm³/mol. The van der Waals surface area contributed by atoms with Gasteiger partial charge in [0.1, 0.15) is 0 Å². The largest absolute Gasteiger partial charge is 0.0984 e. The van der Waals surface area contributed by atoms with Gasteiger partial charge in [-0.05, 0) is 24.5 Å². The highest BCUT2D eigenvalue weighted by molar-refractivity contribution is 6.36. The molecule has 0 aromatic rings. The van der Waals surface area contributed by atoms with Crippen LogP contribution in [0.2, 0.25) is 0 Å². The van der Waals surface area contributed by atoms with Crippen molar-refractivity contribution in [1.82, 2.24) is 0 Å². The molecular weight excluding hydrogens is 287 g/mol. The van der Waals surface area contributed by atoms with Gasteiger partial charge in [-0.2, -0.15) is 0 Å². The van der Waals surface area contributed by atoms with Crippen LogP contribution in [0.1, 0.15) is 33.6 Å². The van der Waals surface area contributed by atoms with Crippen molar-refractivity contribution >= 4 is 23.2 Å². The molecule has 1 aliphatic carbocycles. The smallest absolute Gasteiger partial charge is 0.0523 e. The molecular formula is C18H22Cl2. The standard InChI is InChI=1S/C18H22Cl2/c1-6-10-13(7-2)11-16-12(5)17(19)14(8-3)15(9-4)18(16)20/h7-9,11-12H,3-4,6,10H2,1-2,5H3/b13-7-,16-11+. The number of rotatable bonds is 5. The number of halogens is 2. The first-order valence-corrected chi connectivity index (χ1v) is 7.69. The number of allylic oxidation sites excluding steroid dienone is 10. The molecule has 1 atom stereocenters. The topological polar surface area (TPSA) is 0 Å². The van der Waals surface area contributed by atoms with Crippen molar-refractivity contribution in [3.8, 4) is 0 Å². The zero-order valence-electron chi connectivity index (χ0n) is 12.5. The van der Waals surface area contributed by atoms with Gasteiger partial charge in [-0.1, -0.05) is 86.5 Å². The second-order valence-electron chi connectivity index (χ2n) is 4.83. The molecule has 0 bridgehead atoms. The molecule has 0 nitrogen and oxygen atoms in total. The fourth-order valence-electron chi connectivity index (χ4n) is 2.35. The van der Waals surface area contributed by atoms with Crippen molar-refractivity contribution in [2.75, 3.05) is 0 Å². The normalized spacial score (nSPS) is 22.6. The highest BCUT2D eigenvalue weighted by Crippen LogP contribution is 2.43. The van der Waals surface area contributed by atoms with E-state index in [1.54, 1.807) is 12.2 Å². The predicted octanol–water partition coefficient (Wildman–Crippen LogP) is 6.67. The Balaban J connectivity index is 3.41. The summed E-state index contributed by atoms with van der Waals surface area (Å²) in [6, 6.07) is 0. The number of hydrogen-bond donors (Lipinski definition) is 0. The molecule has 0 aromatic carbocycles. The number of hydrogen-bond acceptors (Lipinski definition) is 0. The Morgan fingerprint density at radius 1 is 1.20 bits per heavy atom. The summed E-state index contributed by atoms with van der Waals surface area (Å²) >= 11 is 13.0. The van der Waals surface area contributed by atoms with Crippen molar-refractivity contribution < 1.29 is 0 Å². The maximum atomic E-state index is 6.56. The molecule has 1 rings (SSSR count). The van der Waals surface area contributed by atoms with Crippen LogP contribution in [0.4, 0.5) is 0 Å². The molecule has 108 valence electrons. The average molecular weight is 309 g/mol. The lowest BCUT2D eigenvalue weighted by Gasteiger charge is -2.26. The van der Waals surface area contributed by atoms with Crippen LogP contribution in [0, 0.1) is 5.92 Å². The summed E-state index contributed by atoms with van der Waals surface area (Å²) in [5.41, 5.74) is 4.08. The van der Waals surface area contributed by atoms with Crippen LogP contribution >= 0.6 is 23.2 Å². The Hall–Kier alpha value is -0.980. The molecule has 0 radical (unpaired) electrons. The van der Waals surface area contributed by atoms with Crippen molar-refractivity contribution in [3.63, 3.8) is 0 Å². The molecule has 0 heterocycles. The monoisotopic (exact) mass is 308 g/mol. The molecule has 1 unspecified atom stereocenters. The molecule has 0 N–H and O–H groups in total. The molecule has 1 aliphatic rings. The van der Waals surface area contributed by atoms with Gasteiger partial charge in [-0.25, -0.2) is 0 Å². The summed E-state index contributed by atoms with van der Waals surface area (Å²) in [4.78, 5) is 0. The van der Waals surface area contributed by atoms with Crippen LogP contribution in [0.15, 0.2) is 69.8 Å². The van der Waals surface area contributed by atoms with Crippen LogP contribution in [-0.2, 0) is 0 Å². The first-order chi connectivity index (χ1) is 9.51. The van der Waals surface area contributed by atoms with Gasteiger partial charge in [0.05, 0.1) is 5.03 Å². The lowest BCUT2D eigenvalue weighted by Crippen LogP contribution is -2.11. The molecule has 0 spiro atoms. The highest BCUT2D eigenvalue weighted by Gasteiger charge is 2.26. The molecule has 0 aliphatic heterocycles. The maximum absolute atomic E-state index is 6.56. The third kappa shape index (κ3) is 3.37. The maximum Gasteiger partial charge on any atom is 0.0523 e. The minimum Gasteiger partial charge on any atom is -0.0984 e. The highest BCUT2D eigenvalue weighted by atomic mass is 35.5. The van der Waals surface area contributed by atoms with E-state index in [1.807, 2.05) is 6.92 Å². The van der Waals surface area contributed by atoms with Gasteiger partial charge in [0.25, 0.3) is 0 Å². The Bertz CT molecular complexity index is 528. The summed E-state index contributed by atoms with van der Waals surface area (Å²) in [6.45, 7) is 13.9.